The van der Waals surface area contributed by atoms with Crippen LogP contribution >= 0.6 is 0 Å². The van der Waals surface area contributed by atoms with Gasteiger partial charge in [-0.25, -0.2) is 22.8 Å². The highest BCUT2D eigenvalue weighted by molar-refractivity contribution is 5.90. The highest BCUT2D eigenvalue weighted by Gasteiger charge is 2.33. The average molecular weight is 697 g/mol. The third kappa shape index (κ3) is 11.7. The molecule has 49 heavy (non-hydrogen) atoms. The van der Waals surface area contributed by atoms with Crippen molar-refractivity contribution < 1.29 is 45.8 Å². The molecular weight excluding hydrogens is 651 g/mol. The Morgan fingerprint density at radius 1 is 0.816 bits per heavy atom. The molecule has 2 aromatic carbocycles. The van der Waals surface area contributed by atoms with E-state index in [0.29, 0.717) is 6.54 Å². The van der Waals surface area contributed by atoms with Crippen LogP contribution in [0.1, 0.15) is 84.6 Å². The number of halogens is 5. The summed E-state index contributed by atoms with van der Waals surface area (Å²) >= 11 is 0. The van der Waals surface area contributed by atoms with Gasteiger partial charge in [-0.15, -0.1) is 0 Å². The first-order valence-electron chi connectivity index (χ1n) is 16.5. The Hall–Kier alpha value is -4.20. The maximum atomic E-state index is 14.4. The summed E-state index contributed by atoms with van der Waals surface area (Å²) < 4.78 is 79.9. The number of ether oxygens (including phenoxy) is 2. The molecule has 0 radical (unpaired) electrons. The summed E-state index contributed by atoms with van der Waals surface area (Å²) in [5.74, 6) is -15.7. The van der Waals surface area contributed by atoms with Gasteiger partial charge in [0.25, 0.3) is 0 Å². The molecule has 14 heteroatoms. The van der Waals surface area contributed by atoms with Crippen LogP contribution in [-0.2, 0) is 20.7 Å². The van der Waals surface area contributed by atoms with E-state index in [1.807, 2.05) is 24.3 Å². The number of unbranched alkanes of at least 4 members (excludes halogenated alkanes) is 6. The molecule has 3 rings (SSSR count). The van der Waals surface area contributed by atoms with Gasteiger partial charge in [0.05, 0.1) is 6.04 Å². The Morgan fingerprint density at radius 2 is 1.43 bits per heavy atom. The first-order valence-corrected chi connectivity index (χ1v) is 16.5. The number of carbonyl (C=O) groups excluding carboxylic acids is 3. The van der Waals surface area contributed by atoms with E-state index in [9.17, 15) is 36.3 Å². The lowest BCUT2D eigenvalue weighted by Crippen LogP contribution is -2.53. The number of aromatic amines is 1. The van der Waals surface area contributed by atoms with Crippen molar-refractivity contribution in [2.45, 2.75) is 103 Å². The summed E-state index contributed by atoms with van der Waals surface area (Å²) in [6, 6.07) is 4.90. The van der Waals surface area contributed by atoms with Crippen LogP contribution in [0.2, 0.25) is 0 Å². The topological polar surface area (TPSA) is 122 Å². The third-order valence-corrected chi connectivity index (χ3v) is 7.66. The Kier molecular flexibility index (Phi) is 14.8. The van der Waals surface area contributed by atoms with Crippen molar-refractivity contribution in [1.29, 1.82) is 0 Å². The zero-order valence-electron chi connectivity index (χ0n) is 28.3. The highest BCUT2D eigenvalue weighted by atomic mass is 19.2. The largest absolute Gasteiger partial charge is 0.444 e. The lowest BCUT2D eigenvalue weighted by atomic mass is 10.0. The summed E-state index contributed by atoms with van der Waals surface area (Å²) in [4.78, 5) is 42.3. The zero-order chi connectivity index (χ0) is 36.1. The lowest BCUT2D eigenvalue weighted by molar-refractivity contribution is -0.140. The van der Waals surface area contributed by atoms with Crippen LogP contribution < -0.4 is 20.7 Å². The normalized spacial score (nSPS) is 12.8. The summed E-state index contributed by atoms with van der Waals surface area (Å²) in [6.45, 7) is 7.21. The second kappa shape index (κ2) is 18.5. The van der Waals surface area contributed by atoms with E-state index in [1.165, 1.54) is 6.42 Å². The van der Waals surface area contributed by atoms with Crippen LogP contribution in [-0.4, -0.2) is 53.7 Å². The number of esters is 1. The minimum Gasteiger partial charge on any atom is -0.444 e. The minimum absolute atomic E-state index is 0.182. The first kappa shape index (κ1) is 39.2. The number of para-hydroxylation sites is 1. The number of H-pyrrole nitrogens is 1. The van der Waals surface area contributed by atoms with Gasteiger partial charge >= 0.3 is 12.1 Å². The summed E-state index contributed by atoms with van der Waals surface area (Å²) in [5, 5.41) is 9.00. The molecule has 1 aromatic heterocycles. The number of hydrogen-bond donors (Lipinski definition) is 4. The lowest BCUT2D eigenvalue weighted by Gasteiger charge is -2.24. The van der Waals surface area contributed by atoms with E-state index in [1.54, 1.807) is 27.0 Å². The molecule has 1 heterocycles. The number of carbonyl (C=O) groups is 3. The fraction of sp³-hybridized carbons (Fsp3) is 0.514. The van der Waals surface area contributed by atoms with Gasteiger partial charge in [-0.2, -0.15) is 8.78 Å². The van der Waals surface area contributed by atoms with Crippen LogP contribution in [0.5, 0.6) is 5.75 Å². The molecule has 2 amide bonds. The van der Waals surface area contributed by atoms with Crippen molar-refractivity contribution >= 4 is 28.9 Å². The number of amides is 2. The number of aromatic nitrogens is 1. The minimum atomic E-state index is -2.42. The number of nitrogens with one attached hydrogen (secondary N) is 4. The van der Waals surface area contributed by atoms with E-state index in [4.69, 9.17) is 4.74 Å². The third-order valence-electron chi connectivity index (χ3n) is 7.66. The fourth-order valence-electron chi connectivity index (χ4n) is 5.14. The molecule has 270 valence electrons. The van der Waals surface area contributed by atoms with Crippen molar-refractivity contribution in [3.05, 3.63) is 65.1 Å². The van der Waals surface area contributed by atoms with Crippen LogP contribution in [0.4, 0.5) is 26.7 Å². The van der Waals surface area contributed by atoms with Crippen LogP contribution in [0.25, 0.3) is 10.9 Å². The van der Waals surface area contributed by atoms with Gasteiger partial charge in [0.2, 0.25) is 40.7 Å². The molecule has 0 aliphatic rings. The Balaban J connectivity index is 1.81. The van der Waals surface area contributed by atoms with Gasteiger partial charge in [0.15, 0.2) is 0 Å². The van der Waals surface area contributed by atoms with Crippen molar-refractivity contribution in [3.8, 4) is 5.75 Å². The average Bonchev–Trinajstić information content (AvgIpc) is 3.46. The molecule has 0 saturated carbocycles. The van der Waals surface area contributed by atoms with Crippen molar-refractivity contribution in [3.63, 3.8) is 0 Å². The molecule has 0 aliphatic heterocycles. The zero-order valence-corrected chi connectivity index (χ0v) is 28.3. The molecule has 0 unspecified atom stereocenters. The van der Waals surface area contributed by atoms with Gasteiger partial charge in [-0.3, -0.25) is 4.79 Å². The van der Waals surface area contributed by atoms with Gasteiger partial charge in [-0.1, -0.05) is 63.6 Å². The van der Waals surface area contributed by atoms with Gasteiger partial charge in [0.1, 0.15) is 11.6 Å². The Bertz CT molecular complexity index is 1550. The number of benzene rings is 2. The van der Waals surface area contributed by atoms with Crippen molar-refractivity contribution in [2.24, 2.45) is 0 Å². The predicted octanol–water partition coefficient (Wildman–Crippen LogP) is 7.12. The molecule has 4 N–H and O–H groups in total. The number of fused-ring (bicyclic) bond motifs is 1. The summed E-state index contributed by atoms with van der Waals surface area (Å²) in [6.07, 6.45) is 8.04. The van der Waals surface area contributed by atoms with E-state index >= 15 is 0 Å². The second-order valence-electron chi connectivity index (χ2n) is 12.8. The molecule has 0 fully saturated rings. The van der Waals surface area contributed by atoms with Crippen LogP contribution in [0.3, 0.4) is 0 Å². The molecule has 0 saturated heterocycles. The summed E-state index contributed by atoms with van der Waals surface area (Å²) in [7, 11) is 0. The molecular formula is C35H45F5N4O5. The summed E-state index contributed by atoms with van der Waals surface area (Å²) in [5.41, 5.74) is 0.801. The molecule has 0 bridgehead atoms. The Labute approximate surface area is 282 Å². The van der Waals surface area contributed by atoms with Crippen molar-refractivity contribution in [1.82, 2.24) is 20.9 Å². The SMILES string of the molecule is CCCCCCCCCN[C@@H](Cc1c[nH]c2ccccc12)C(=O)N[C@H](CCNC(=O)OC(C)(C)C)C(=O)Oc1c(F)c(F)c(F)c(F)c1F. The second-order valence-corrected chi connectivity index (χ2v) is 12.8. The fourth-order valence-corrected chi connectivity index (χ4v) is 5.14. The number of hydrogen-bond acceptors (Lipinski definition) is 6. The predicted molar refractivity (Wildman–Crippen MR) is 174 cm³/mol. The van der Waals surface area contributed by atoms with E-state index < -0.39 is 70.5 Å². The van der Waals surface area contributed by atoms with E-state index in [0.717, 1.165) is 55.0 Å². The monoisotopic (exact) mass is 696 g/mol. The van der Waals surface area contributed by atoms with Crippen molar-refractivity contribution in [2.75, 3.05) is 13.1 Å². The molecule has 9 nitrogen and oxygen atoms in total. The first-order chi connectivity index (χ1) is 23.2. The van der Waals surface area contributed by atoms with E-state index in [-0.39, 0.29) is 19.4 Å². The number of alkyl carbamates (subject to hydrolysis) is 1. The molecule has 3 aromatic rings. The quantitative estimate of drug-likeness (QED) is 0.0281. The molecule has 2 atom stereocenters. The standard InChI is InChI=1S/C35H45F5N4O5/c1-5-6-7-8-9-10-13-17-41-25(19-21-20-43-23-15-12-11-14-22(21)23)32(45)44-24(16-18-42-34(47)49-35(2,3)4)33(46)48-31-29(39)27(37)26(36)28(38)30(31)40/h11-12,14-15,20,24-25,41,43H,5-10,13,16-19H2,1-4H3,(H,42,47)(H,44,45)/t24-,25+/m1/s1. The van der Waals surface area contributed by atoms with Gasteiger partial charge in [0, 0.05) is 23.6 Å². The van der Waals surface area contributed by atoms with Gasteiger partial charge in [-0.05, 0) is 58.2 Å². The highest BCUT2D eigenvalue weighted by Crippen LogP contribution is 2.29. The smallest absolute Gasteiger partial charge is 0.407 e. The maximum absolute atomic E-state index is 14.4. The maximum Gasteiger partial charge on any atom is 0.407 e. The van der Waals surface area contributed by atoms with E-state index in [2.05, 4.69) is 32.6 Å². The van der Waals surface area contributed by atoms with Crippen LogP contribution in [0.15, 0.2) is 30.5 Å². The Morgan fingerprint density at radius 3 is 2.08 bits per heavy atom. The number of rotatable bonds is 18. The van der Waals surface area contributed by atoms with Crippen LogP contribution in [0, 0.1) is 29.1 Å². The molecule has 0 spiro atoms. The van der Waals surface area contributed by atoms with Gasteiger partial charge < -0.3 is 30.4 Å². The molecule has 0 aliphatic carbocycles.